The molecule has 0 fully saturated rings. The molecule has 402 valence electrons. The Kier molecular flexibility index (Phi) is 11.8. The molecule has 1 N–H and O–H groups in total. The van der Waals surface area contributed by atoms with E-state index < -0.39 is 5.41 Å². The molecule has 0 unspecified atom stereocenters. The highest BCUT2D eigenvalue weighted by atomic mass is 16.3. The standard InChI is InChI=1S/C77H68N4O/c1-47-23-27-51(28-24-47)62-41-49(3)45-78-73(62)80(55-35-31-53(32-36-55)75(5,6)7)57-39-40-60-66(43-57)77(64-20-14-11-17-58(64)59-18-12-15-21-65(59)77)67-44-68(71-61-19-13-16-22-69(61)82-72(71)70(60)67)81(56-37-33-54(34-38-56)76(8,9)10)74-63(42-50(4)46-79-74)52-29-25-48(2)26-30-52/h11-44,46,78H,45H2,1-10H3. The molecule has 82 heavy (non-hydrogen) atoms. The molecule has 5 nitrogen and oxygen atoms in total. The molecule has 2 aromatic heterocycles. The summed E-state index contributed by atoms with van der Waals surface area (Å²) in [5.74, 6) is 1.89. The molecule has 0 saturated carbocycles. The van der Waals surface area contributed by atoms with Gasteiger partial charge in [0.15, 0.2) is 0 Å². The van der Waals surface area contributed by atoms with Crippen LogP contribution in [0.3, 0.4) is 0 Å². The minimum Gasteiger partial charge on any atom is -0.455 e. The number of allylic oxidation sites excluding steroid dienone is 2. The van der Waals surface area contributed by atoms with Gasteiger partial charge < -0.3 is 9.73 Å². The first-order valence-electron chi connectivity index (χ1n) is 29.0. The lowest BCUT2D eigenvalue weighted by molar-refractivity contribution is 0.590. The van der Waals surface area contributed by atoms with E-state index >= 15 is 0 Å². The van der Waals surface area contributed by atoms with Crippen LogP contribution in [0.2, 0.25) is 0 Å². The van der Waals surface area contributed by atoms with Gasteiger partial charge in [0.25, 0.3) is 0 Å². The molecule has 9 aromatic carbocycles. The first kappa shape index (κ1) is 51.0. The third-order valence-electron chi connectivity index (χ3n) is 17.5. The SMILES string of the molecule is CC1=CC(c2ccc(C)cc2)=C(N(c2ccc(C(C)(C)C)cc2)c2ccc3c(c2)C2(c4ccccc4-c4ccccc42)c2cc(N(c4ccc(C(C)(C)C)cc4)c4ncc(C)cc4-c4ccc(C)cc4)c4c(oc5ccccc54)c2-3)NC1. The summed E-state index contributed by atoms with van der Waals surface area (Å²) >= 11 is 0. The number of hydrogen-bond donors (Lipinski definition) is 1. The molecule has 2 aliphatic carbocycles. The second-order valence-electron chi connectivity index (χ2n) is 25.2. The normalized spacial score (nSPS) is 14.1. The minimum atomic E-state index is -0.773. The van der Waals surface area contributed by atoms with E-state index in [1.807, 2.05) is 6.20 Å². The lowest BCUT2D eigenvalue weighted by atomic mass is 9.70. The van der Waals surface area contributed by atoms with E-state index in [4.69, 9.17) is 9.40 Å². The molecule has 3 aliphatic rings. The molecular weight excluding hydrogens is 997 g/mol. The Labute approximate surface area is 483 Å². The summed E-state index contributed by atoms with van der Waals surface area (Å²) in [6, 6.07) is 75.1. The van der Waals surface area contributed by atoms with Crippen LogP contribution in [0.25, 0.3) is 60.9 Å². The molecule has 11 aromatic rings. The monoisotopic (exact) mass is 1060 g/mol. The number of rotatable bonds is 8. The average Bonchev–Trinajstić information content (AvgIpc) is 2.58. The summed E-state index contributed by atoms with van der Waals surface area (Å²) < 4.78 is 7.49. The minimum absolute atomic E-state index is 0.0162. The van der Waals surface area contributed by atoms with Crippen molar-refractivity contribution in [3.8, 4) is 33.4 Å². The van der Waals surface area contributed by atoms with Crippen molar-refractivity contribution >= 4 is 56.1 Å². The van der Waals surface area contributed by atoms with Gasteiger partial charge in [0.05, 0.1) is 16.5 Å². The number of para-hydroxylation sites is 1. The molecule has 1 aliphatic heterocycles. The summed E-state index contributed by atoms with van der Waals surface area (Å²) in [4.78, 5) is 10.4. The predicted molar refractivity (Wildman–Crippen MR) is 343 cm³/mol. The fourth-order valence-electron chi connectivity index (χ4n) is 13.3. The first-order valence-corrected chi connectivity index (χ1v) is 29.0. The van der Waals surface area contributed by atoms with Crippen LogP contribution in [0.5, 0.6) is 0 Å². The average molecular weight is 1070 g/mol. The number of hydrogen-bond acceptors (Lipinski definition) is 5. The summed E-state index contributed by atoms with van der Waals surface area (Å²) in [6.45, 7) is 23.1. The van der Waals surface area contributed by atoms with E-state index in [9.17, 15) is 0 Å². The van der Waals surface area contributed by atoms with Crippen molar-refractivity contribution in [2.24, 2.45) is 0 Å². The highest BCUT2D eigenvalue weighted by Gasteiger charge is 2.53. The van der Waals surface area contributed by atoms with Gasteiger partial charge in [0.2, 0.25) is 0 Å². The first-order chi connectivity index (χ1) is 39.6. The Balaban J connectivity index is 1.10. The van der Waals surface area contributed by atoms with E-state index in [0.717, 1.165) is 102 Å². The largest absolute Gasteiger partial charge is 0.455 e. The van der Waals surface area contributed by atoms with Gasteiger partial charge in [-0.05, 0) is 160 Å². The maximum atomic E-state index is 7.49. The van der Waals surface area contributed by atoms with Crippen LogP contribution in [0.1, 0.15) is 104 Å². The van der Waals surface area contributed by atoms with E-state index in [1.54, 1.807) is 0 Å². The maximum Gasteiger partial charge on any atom is 0.145 e. The van der Waals surface area contributed by atoms with Crippen LogP contribution < -0.4 is 15.1 Å². The molecule has 0 bridgehead atoms. The van der Waals surface area contributed by atoms with E-state index in [0.29, 0.717) is 0 Å². The Morgan fingerprint density at radius 3 is 1.67 bits per heavy atom. The van der Waals surface area contributed by atoms with Crippen molar-refractivity contribution in [1.82, 2.24) is 10.3 Å². The van der Waals surface area contributed by atoms with Crippen LogP contribution >= 0.6 is 0 Å². The van der Waals surface area contributed by atoms with Crippen molar-refractivity contribution in [2.45, 2.75) is 85.5 Å². The third kappa shape index (κ3) is 8.07. The molecule has 14 rings (SSSR count). The van der Waals surface area contributed by atoms with Crippen molar-refractivity contribution < 1.29 is 4.42 Å². The van der Waals surface area contributed by atoms with Gasteiger partial charge in [0, 0.05) is 51.9 Å². The Hall–Kier alpha value is -9.19. The highest BCUT2D eigenvalue weighted by Crippen LogP contribution is 2.66. The third-order valence-corrected chi connectivity index (χ3v) is 17.5. The van der Waals surface area contributed by atoms with Gasteiger partial charge in [-0.3, -0.25) is 9.80 Å². The molecular formula is C77H68N4O. The molecule has 1 spiro atoms. The van der Waals surface area contributed by atoms with Gasteiger partial charge in [-0.15, -0.1) is 0 Å². The molecule has 5 heteroatoms. The quantitative estimate of drug-likeness (QED) is 0.164. The Morgan fingerprint density at radius 2 is 1.05 bits per heavy atom. The number of dihydropyridines is 1. The number of furan rings is 1. The van der Waals surface area contributed by atoms with Crippen molar-refractivity contribution in [3.63, 3.8) is 0 Å². The lowest BCUT2D eigenvalue weighted by Crippen LogP contribution is -2.33. The van der Waals surface area contributed by atoms with Crippen molar-refractivity contribution in [1.29, 1.82) is 0 Å². The van der Waals surface area contributed by atoms with Crippen molar-refractivity contribution in [2.75, 3.05) is 16.3 Å². The number of aryl methyl sites for hydroxylation is 3. The summed E-state index contributed by atoms with van der Waals surface area (Å²) in [5, 5.41) is 6.08. The van der Waals surface area contributed by atoms with Crippen LogP contribution in [0.4, 0.5) is 28.6 Å². The number of pyridine rings is 1. The van der Waals surface area contributed by atoms with Crippen LogP contribution in [-0.2, 0) is 16.2 Å². The molecule has 0 amide bonds. The summed E-state index contributed by atoms with van der Waals surface area (Å²) in [6.07, 6.45) is 4.39. The van der Waals surface area contributed by atoms with E-state index in [-0.39, 0.29) is 10.8 Å². The zero-order valence-electron chi connectivity index (χ0n) is 48.7. The second kappa shape index (κ2) is 19.0. The van der Waals surface area contributed by atoms with Gasteiger partial charge in [-0.2, -0.15) is 0 Å². The second-order valence-corrected chi connectivity index (χ2v) is 25.2. The zero-order chi connectivity index (χ0) is 56.4. The van der Waals surface area contributed by atoms with Gasteiger partial charge in [-0.1, -0.05) is 210 Å². The molecule has 3 heterocycles. The van der Waals surface area contributed by atoms with Gasteiger partial charge >= 0.3 is 0 Å². The fraction of sp³-hybridized carbons (Fsp3) is 0.182. The lowest BCUT2D eigenvalue weighted by Gasteiger charge is -2.35. The number of nitrogens with one attached hydrogen (secondary N) is 1. The van der Waals surface area contributed by atoms with Gasteiger partial charge in [-0.25, -0.2) is 4.98 Å². The number of anilines is 5. The van der Waals surface area contributed by atoms with Crippen LogP contribution in [0, 0.1) is 20.8 Å². The van der Waals surface area contributed by atoms with E-state index in [1.165, 1.54) is 61.2 Å². The van der Waals surface area contributed by atoms with Gasteiger partial charge in [0.1, 0.15) is 22.8 Å². The zero-order valence-corrected chi connectivity index (χ0v) is 48.7. The molecule has 0 saturated heterocycles. The smallest absolute Gasteiger partial charge is 0.145 e. The Bertz CT molecular complexity index is 4380. The van der Waals surface area contributed by atoms with E-state index in [2.05, 4.69) is 291 Å². The Morgan fingerprint density at radius 1 is 0.488 bits per heavy atom. The molecule has 0 radical (unpaired) electrons. The predicted octanol–water partition coefficient (Wildman–Crippen LogP) is 20.0. The summed E-state index contributed by atoms with van der Waals surface area (Å²) in [5.41, 5.74) is 26.5. The summed E-state index contributed by atoms with van der Waals surface area (Å²) in [7, 11) is 0. The number of benzene rings is 9. The van der Waals surface area contributed by atoms with Crippen LogP contribution in [-0.4, -0.2) is 11.5 Å². The number of aromatic nitrogens is 1. The van der Waals surface area contributed by atoms with Crippen LogP contribution in [0.15, 0.2) is 228 Å². The number of fused-ring (bicyclic) bond motifs is 14. The highest BCUT2D eigenvalue weighted by molar-refractivity contribution is 6.20. The van der Waals surface area contributed by atoms with Crippen molar-refractivity contribution in [3.05, 3.63) is 279 Å². The topological polar surface area (TPSA) is 44.5 Å². The maximum absolute atomic E-state index is 7.49. The molecule has 0 atom stereocenters. The fourth-order valence-corrected chi connectivity index (χ4v) is 13.3. The number of nitrogens with zero attached hydrogens (tertiary/aromatic N) is 3.